The van der Waals surface area contributed by atoms with Gasteiger partial charge in [-0.05, 0) is 32.3 Å². The van der Waals surface area contributed by atoms with Crippen LogP contribution in [0.1, 0.15) is 26.7 Å². The van der Waals surface area contributed by atoms with Gasteiger partial charge in [-0.1, -0.05) is 11.6 Å². The molecule has 1 aliphatic rings. The Balaban J connectivity index is 2.99. The minimum Gasteiger partial charge on any atom is -0.277 e. The van der Waals surface area contributed by atoms with Crippen LogP contribution in [0, 0.1) is 11.3 Å². The third-order valence-corrected chi connectivity index (χ3v) is 2.08. The molecule has 1 rings (SSSR count). The van der Waals surface area contributed by atoms with Crippen molar-refractivity contribution in [1.82, 2.24) is 0 Å². The van der Waals surface area contributed by atoms with Crippen molar-refractivity contribution in [2.45, 2.75) is 26.7 Å². The predicted octanol–water partition coefficient (Wildman–Crippen LogP) is 2.14. The molecule has 2 nitrogen and oxygen atoms in total. The molecule has 2 heteroatoms. The maximum absolute atomic E-state index is 11.0. The number of ketones is 1. The first-order valence-electron chi connectivity index (χ1n) is 3.96. The molecular formula is C10H11NO. The highest BCUT2D eigenvalue weighted by Crippen LogP contribution is 2.23. The molecule has 0 heterocycles. The highest BCUT2D eigenvalue weighted by molar-refractivity contribution is 6.07. The second-order valence-corrected chi connectivity index (χ2v) is 3.09. The molecule has 0 fully saturated rings. The van der Waals surface area contributed by atoms with E-state index in [1.807, 2.05) is 19.9 Å². The van der Waals surface area contributed by atoms with Crippen molar-refractivity contribution in [3.8, 4) is 6.07 Å². The van der Waals surface area contributed by atoms with Gasteiger partial charge in [0, 0.05) is 5.57 Å². The van der Waals surface area contributed by atoms with Gasteiger partial charge in [-0.3, -0.25) is 4.79 Å². The van der Waals surface area contributed by atoms with Gasteiger partial charge in [0.25, 0.3) is 5.78 Å². The largest absolute Gasteiger partial charge is 0.277 e. The summed E-state index contributed by atoms with van der Waals surface area (Å²) in [4.78, 5) is 11.0. The fraction of sp³-hybridized carbons (Fsp3) is 0.400. The quantitative estimate of drug-likeness (QED) is 0.553. The summed E-state index contributed by atoms with van der Waals surface area (Å²) in [6.07, 6.45) is 3.61. The van der Waals surface area contributed by atoms with Crippen LogP contribution in [0.3, 0.4) is 0 Å². The summed E-state index contributed by atoms with van der Waals surface area (Å²) >= 11 is 0. The van der Waals surface area contributed by atoms with Crippen molar-refractivity contribution in [3.05, 3.63) is 22.8 Å². The third-order valence-electron chi connectivity index (χ3n) is 2.08. The number of hydrogen-bond acceptors (Lipinski definition) is 2. The monoisotopic (exact) mass is 161 g/mol. The van der Waals surface area contributed by atoms with E-state index in [9.17, 15) is 4.79 Å². The zero-order valence-corrected chi connectivity index (χ0v) is 7.35. The van der Waals surface area contributed by atoms with Gasteiger partial charge in [0.1, 0.15) is 6.07 Å². The lowest BCUT2D eigenvalue weighted by Gasteiger charge is -2.12. The lowest BCUT2D eigenvalue weighted by molar-refractivity contribution is -0.110. The van der Waals surface area contributed by atoms with E-state index in [0.717, 1.165) is 18.4 Å². The predicted molar refractivity (Wildman–Crippen MR) is 46.3 cm³/mol. The first kappa shape index (κ1) is 8.73. The summed E-state index contributed by atoms with van der Waals surface area (Å²) in [5.41, 5.74) is 2.91. The van der Waals surface area contributed by atoms with Crippen LogP contribution in [0.2, 0.25) is 0 Å². The van der Waals surface area contributed by atoms with Crippen LogP contribution in [0.5, 0.6) is 0 Å². The van der Waals surface area contributed by atoms with Gasteiger partial charge in [0.15, 0.2) is 0 Å². The number of carbonyl (C=O) groups is 1. The van der Waals surface area contributed by atoms with Crippen LogP contribution in [0.4, 0.5) is 0 Å². The van der Waals surface area contributed by atoms with E-state index in [4.69, 9.17) is 5.26 Å². The van der Waals surface area contributed by atoms with Crippen molar-refractivity contribution >= 4 is 5.78 Å². The fourth-order valence-corrected chi connectivity index (χ4v) is 1.41. The number of hydrogen-bond donors (Lipinski definition) is 0. The van der Waals surface area contributed by atoms with Gasteiger partial charge < -0.3 is 0 Å². The van der Waals surface area contributed by atoms with E-state index >= 15 is 0 Å². The topological polar surface area (TPSA) is 40.9 Å². The molecule has 0 saturated heterocycles. The van der Waals surface area contributed by atoms with Gasteiger partial charge in [-0.25, -0.2) is 0 Å². The van der Waals surface area contributed by atoms with E-state index in [2.05, 4.69) is 0 Å². The molecule has 1 aliphatic carbocycles. The van der Waals surface area contributed by atoms with Gasteiger partial charge in [0.2, 0.25) is 0 Å². The van der Waals surface area contributed by atoms with Gasteiger partial charge >= 0.3 is 0 Å². The SMILES string of the molecule is CC1=CC(C)=C(C(=O)C#N)CC1. The molecule has 0 aromatic carbocycles. The Morgan fingerprint density at radius 1 is 1.50 bits per heavy atom. The minimum absolute atomic E-state index is 0.378. The average molecular weight is 161 g/mol. The van der Waals surface area contributed by atoms with E-state index in [1.54, 1.807) is 6.07 Å². The zero-order chi connectivity index (χ0) is 9.14. The Morgan fingerprint density at radius 2 is 2.17 bits per heavy atom. The summed E-state index contributed by atoms with van der Waals surface area (Å²) in [7, 11) is 0. The standard InChI is InChI=1S/C10H11NO/c1-7-3-4-9(8(2)5-7)10(12)6-11/h5H,3-4H2,1-2H3. The third kappa shape index (κ3) is 1.62. The van der Waals surface area contributed by atoms with Crippen LogP contribution in [0.15, 0.2) is 22.8 Å². The summed E-state index contributed by atoms with van der Waals surface area (Å²) in [6, 6.07) is 1.65. The van der Waals surface area contributed by atoms with Crippen molar-refractivity contribution < 1.29 is 4.79 Å². The molecule has 12 heavy (non-hydrogen) atoms. The number of allylic oxidation sites excluding steroid dienone is 4. The highest BCUT2D eigenvalue weighted by Gasteiger charge is 2.14. The Morgan fingerprint density at radius 3 is 2.67 bits per heavy atom. The number of carbonyl (C=O) groups excluding carboxylic acids is 1. The van der Waals surface area contributed by atoms with Crippen LogP contribution >= 0.6 is 0 Å². The Bertz CT molecular complexity index is 315. The molecular weight excluding hydrogens is 150 g/mol. The molecule has 0 aliphatic heterocycles. The summed E-state index contributed by atoms with van der Waals surface area (Å²) < 4.78 is 0. The molecule has 0 radical (unpaired) electrons. The second kappa shape index (κ2) is 3.36. The maximum atomic E-state index is 11.0. The van der Waals surface area contributed by atoms with Crippen LogP contribution in [-0.2, 0) is 4.79 Å². The van der Waals surface area contributed by atoms with Crippen LogP contribution in [0.25, 0.3) is 0 Å². The molecule has 62 valence electrons. The number of rotatable bonds is 1. The van der Waals surface area contributed by atoms with E-state index in [-0.39, 0.29) is 5.78 Å². The molecule has 0 unspecified atom stereocenters. The average Bonchev–Trinajstić information content (AvgIpc) is 2.03. The van der Waals surface area contributed by atoms with E-state index in [0.29, 0.717) is 5.57 Å². The molecule has 0 aromatic heterocycles. The van der Waals surface area contributed by atoms with Gasteiger partial charge in [-0.2, -0.15) is 5.26 Å². The summed E-state index contributed by atoms with van der Waals surface area (Å²) in [6.45, 7) is 3.92. The lowest BCUT2D eigenvalue weighted by atomic mass is 9.92. The molecule has 0 spiro atoms. The molecule has 0 atom stereocenters. The van der Waals surface area contributed by atoms with Crippen molar-refractivity contribution in [1.29, 1.82) is 5.26 Å². The number of nitrogens with zero attached hydrogens (tertiary/aromatic N) is 1. The van der Waals surface area contributed by atoms with Crippen molar-refractivity contribution in [2.75, 3.05) is 0 Å². The van der Waals surface area contributed by atoms with Crippen molar-refractivity contribution in [2.24, 2.45) is 0 Å². The summed E-state index contributed by atoms with van der Waals surface area (Å²) in [5, 5.41) is 8.42. The molecule has 0 amide bonds. The molecule has 0 N–H and O–H groups in total. The Labute approximate surface area is 72.2 Å². The van der Waals surface area contributed by atoms with Gasteiger partial charge in [0.05, 0.1) is 0 Å². The normalized spacial score (nSPS) is 16.9. The molecule has 0 bridgehead atoms. The number of nitriles is 1. The van der Waals surface area contributed by atoms with Crippen molar-refractivity contribution in [3.63, 3.8) is 0 Å². The molecule has 0 aromatic rings. The smallest absolute Gasteiger partial charge is 0.258 e. The van der Waals surface area contributed by atoms with Crippen LogP contribution in [-0.4, -0.2) is 5.78 Å². The first-order chi connectivity index (χ1) is 5.65. The fourth-order valence-electron chi connectivity index (χ4n) is 1.41. The minimum atomic E-state index is -0.378. The van der Waals surface area contributed by atoms with E-state index in [1.165, 1.54) is 5.57 Å². The number of Topliss-reactive ketones (excluding diaryl/α,β-unsaturated/α-hetero) is 1. The Kier molecular flexibility index (Phi) is 2.44. The lowest BCUT2D eigenvalue weighted by Crippen LogP contribution is -2.05. The zero-order valence-electron chi connectivity index (χ0n) is 7.35. The van der Waals surface area contributed by atoms with E-state index < -0.39 is 0 Å². The van der Waals surface area contributed by atoms with Gasteiger partial charge in [-0.15, -0.1) is 0 Å². The maximum Gasteiger partial charge on any atom is 0.258 e. The first-order valence-corrected chi connectivity index (χ1v) is 3.96. The summed E-state index contributed by atoms with van der Waals surface area (Å²) in [5.74, 6) is -0.378. The second-order valence-electron chi connectivity index (χ2n) is 3.09. The Hall–Kier alpha value is -1.36. The molecule has 0 saturated carbocycles. The highest BCUT2D eigenvalue weighted by atomic mass is 16.1. The van der Waals surface area contributed by atoms with Crippen LogP contribution < -0.4 is 0 Å².